The molecule has 1 aliphatic heterocycles. The van der Waals surface area contributed by atoms with Crippen molar-refractivity contribution < 1.29 is 9.53 Å². The van der Waals surface area contributed by atoms with Crippen LogP contribution in [0.3, 0.4) is 0 Å². The molecule has 0 spiro atoms. The zero-order valence-corrected chi connectivity index (χ0v) is 18.0. The van der Waals surface area contributed by atoms with Gasteiger partial charge in [-0.15, -0.1) is 0 Å². The highest BCUT2D eigenvalue weighted by Gasteiger charge is 2.38. The van der Waals surface area contributed by atoms with E-state index in [0.717, 1.165) is 12.8 Å². The maximum Gasteiger partial charge on any atom is 0.237 e. The molecular weight excluding hydrogens is 386 g/mol. The molecule has 29 heavy (non-hydrogen) atoms. The number of carbonyl (C=O) groups excluding carboxylic acids is 1. The molecular formula is C23H26ClN3O2. The quantitative estimate of drug-likeness (QED) is 0.654. The predicted molar refractivity (Wildman–Crippen MR) is 113 cm³/mol. The SMILES string of the molecule is CC1(C)CC(CC(=O)c2ccc(Oc3ncccc3C#N)c(Cl)c2)CC(C)(C)N1. The number of ether oxygens (including phenoxy) is 1. The number of piperidine rings is 1. The van der Waals surface area contributed by atoms with Crippen LogP contribution >= 0.6 is 11.6 Å². The Labute approximate surface area is 177 Å². The van der Waals surface area contributed by atoms with E-state index >= 15 is 0 Å². The largest absolute Gasteiger partial charge is 0.436 e. The second-order valence-corrected chi connectivity index (χ2v) is 9.42. The van der Waals surface area contributed by atoms with Crippen molar-refractivity contribution in [2.75, 3.05) is 0 Å². The van der Waals surface area contributed by atoms with Gasteiger partial charge in [0.05, 0.1) is 5.02 Å². The van der Waals surface area contributed by atoms with Gasteiger partial charge in [-0.1, -0.05) is 11.6 Å². The Hall–Kier alpha value is -2.42. The molecule has 0 amide bonds. The molecule has 0 saturated carbocycles. The van der Waals surface area contributed by atoms with Gasteiger partial charge in [0.1, 0.15) is 17.4 Å². The van der Waals surface area contributed by atoms with E-state index in [0.29, 0.717) is 34.2 Å². The van der Waals surface area contributed by atoms with E-state index in [2.05, 4.69) is 38.0 Å². The number of halogens is 1. The third-order valence-corrected chi connectivity index (χ3v) is 5.40. The number of benzene rings is 1. The van der Waals surface area contributed by atoms with Crippen LogP contribution in [0.5, 0.6) is 11.6 Å². The van der Waals surface area contributed by atoms with Gasteiger partial charge in [0.25, 0.3) is 0 Å². The third-order valence-electron chi connectivity index (χ3n) is 5.10. The highest BCUT2D eigenvalue weighted by Crippen LogP contribution is 2.36. The molecule has 1 N–H and O–H groups in total. The number of nitrogens with one attached hydrogen (secondary N) is 1. The lowest BCUT2D eigenvalue weighted by Gasteiger charge is -2.46. The van der Waals surface area contributed by atoms with Crippen LogP contribution in [0.1, 0.15) is 62.9 Å². The summed E-state index contributed by atoms with van der Waals surface area (Å²) in [6.07, 6.45) is 3.94. The van der Waals surface area contributed by atoms with Crippen LogP contribution in [-0.2, 0) is 0 Å². The number of ketones is 1. The van der Waals surface area contributed by atoms with Gasteiger partial charge in [0, 0.05) is 29.3 Å². The number of nitriles is 1. The number of Topliss-reactive ketones (excluding diaryl/α,β-unsaturated/α-hetero) is 1. The number of nitrogens with zero attached hydrogens (tertiary/aromatic N) is 2. The van der Waals surface area contributed by atoms with Gasteiger partial charge in [-0.2, -0.15) is 5.26 Å². The molecule has 0 unspecified atom stereocenters. The van der Waals surface area contributed by atoms with Crippen LogP contribution in [0, 0.1) is 17.2 Å². The van der Waals surface area contributed by atoms with E-state index in [9.17, 15) is 4.79 Å². The Morgan fingerprint density at radius 2 is 1.97 bits per heavy atom. The maximum absolute atomic E-state index is 12.9. The van der Waals surface area contributed by atoms with Gasteiger partial charge in [-0.25, -0.2) is 4.98 Å². The summed E-state index contributed by atoms with van der Waals surface area (Å²) in [5.41, 5.74) is 0.893. The molecule has 1 aliphatic rings. The van der Waals surface area contributed by atoms with Crippen LogP contribution in [0.15, 0.2) is 36.5 Å². The van der Waals surface area contributed by atoms with E-state index < -0.39 is 0 Å². The van der Waals surface area contributed by atoms with Gasteiger partial charge in [-0.05, 0) is 76.8 Å². The van der Waals surface area contributed by atoms with Crippen molar-refractivity contribution in [2.24, 2.45) is 5.92 Å². The Morgan fingerprint density at radius 1 is 1.28 bits per heavy atom. The molecule has 6 heteroatoms. The number of aromatic nitrogens is 1. The third kappa shape index (κ3) is 5.35. The van der Waals surface area contributed by atoms with E-state index in [-0.39, 0.29) is 22.7 Å². The molecule has 5 nitrogen and oxygen atoms in total. The fraction of sp³-hybridized carbons (Fsp3) is 0.435. The number of rotatable bonds is 5. The summed E-state index contributed by atoms with van der Waals surface area (Å²) >= 11 is 6.35. The fourth-order valence-electron chi connectivity index (χ4n) is 4.48. The number of carbonyl (C=O) groups is 1. The lowest BCUT2D eigenvalue weighted by molar-refractivity contribution is 0.0864. The summed E-state index contributed by atoms with van der Waals surface area (Å²) in [4.78, 5) is 17.0. The number of hydrogen-bond acceptors (Lipinski definition) is 5. The zero-order valence-electron chi connectivity index (χ0n) is 17.3. The molecule has 3 rings (SSSR count). The van der Waals surface area contributed by atoms with Gasteiger partial charge in [-0.3, -0.25) is 4.79 Å². The van der Waals surface area contributed by atoms with E-state index in [1.807, 2.05) is 6.07 Å². The first kappa shape index (κ1) is 21.3. The van der Waals surface area contributed by atoms with Crippen molar-refractivity contribution in [2.45, 2.75) is 58.0 Å². The topological polar surface area (TPSA) is 75.0 Å². The molecule has 2 heterocycles. The Morgan fingerprint density at radius 3 is 2.59 bits per heavy atom. The normalized spacial score (nSPS) is 18.1. The molecule has 0 bridgehead atoms. The standard InChI is InChI=1S/C23H26ClN3O2/c1-22(2)12-15(13-23(3,4)27-22)10-19(28)16-7-8-20(18(24)11-16)29-21-17(14-25)6-5-9-26-21/h5-9,11,15,27H,10,12-13H2,1-4H3. The van der Waals surface area contributed by atoms with Gasteiger partial charge < -0.3 is 10.1 Å². The van der Waals surface area contributed by atoms with Gasteiger partial charge in [0.15, 0.2) is 5.78 Å². The van der Waals surface area contributed by atoms with E-state index in [1.165, 1.54) is 0 Å². The molecule has 1 saturated heterocycles. The molecule has 152 valence electrons. The highest BCUT2D eigenvalue weighted by molar-refractivity contribution is 6.32. The summed E-state index contributed by atoms with van der Waals surface area (Å²) in [5.74, 6) is 0.945. The molecule has 1 aromatic heterocycles. The first-order valence-electron chi connectivity index (χ1n) is 9.74. The van der Waals surface area contributed by atoms with Crippen molar-refractivity contribution in [1.29, 1.82) is 5.26 Å². The van der Waals surface area contributed by atoms with E-state index in [4.69, 9.17) is 21.6 Å². The summed E-state index contributed by atoms with van der Waals surface area (Å²) in [7, 11) is 0. The first-order chi connectivity index (χ1) is 13.6. The summed E-state index contributed by atoms with van der Waals surface area (Å²) < 4.78 is 5.69. The monoisotopic (exact) mass is 411 g/mol. The van der Waals surface area contributed by atoms with Gasteiger partial charge >= 0.3 is 0 Å². The Bertz CT molecular complexity index is 947. The van der Waals surface area contributed by atoms with Crippen molar-refractivity contribution >= 4 is 17.4 Å². The molecule has 0 radical (unpaired) electrons. The predicted octanol–water partition coefficient (Wildman–Crippen LogP) is 5.53. The molecule has 0 aliphatic carbocycles. The van der Waals surface area contributed by atoms with Crippen LogP contribution in [0.2, 0.25) is 5.02 Å². The molecule has 1 fully saturated rings. The van der Waals surface area contributed by atoms with E-state index in [1.54, 1.807) is 36.5 Å². The minimum absolute atomic E-state index is 0.00315. The molecule has 1 aromatic carbocycles. The Kier molecular flexibility index (Phi) is 5.97. The summed E-state index contributed by atoms with van der Waals surface area (Å²) in [6, 6.07) is 10.3. The maximum atomic E-state index is 12.9. The zero-order chi connectivity index (χ0) is 21.2. The Balaban J connectivity index is 1.73. The lowest BCUT2D eigenvalue weighted by Crippen LogP contribution is -2.57. The second kappa shape index (κ2) is 8.14. The van der Waals surface area contributed by atoms with Gasteiger partial charge in [0.2, 0.25) is 5.88 Å². The lowest BCUT2D eigenvalue weighted by atomic mass is 9.74. The minimum Gasteiger partial charge on any atom is -0.436 e. The molecule has 2 aromatic rings. The van der Waals surface area contributed by atoms with Crippen molar-refractivity contribution in [3.8, 4) is 17.7 Å². The van der Waals surface area contributed by atoms with Crippen molar-refractivity contribution in [3.63, 3.8) is 0 Å². The summed E-state index contributed by atoms with van der Waals surface area (Å²) in [6.45, 7) is 8.73. The average molecular weight is 412 g/mol. The van der Waals surface area contributed by atoms with Crippen LogP contribution < -0.4 is 10.1 Å². The van der Waals surface area contributed by atoms with Crippen LogP contribution in [-0.4, -0.2) is 21.8 Å². The summed E-state index contributed by atoms with van der Waals surface area (Å²) in [5, 5.41) is 13.1. The first-order valence-corrected chi connectivity index (χ1v) is 10.1. The van der Waals surface area contributed by atoms with Crippen molar-refractivity contribution in [3.05, 3.63) is 52.7 Å². The van der Waals surface area contributed by atoms with Crippen LogP contribution in [0.25, 0.3) is 0 Å². The van der Waals surface area contributed by atoms with Crippen LogP contribution in [0.4, 0.5) is 0 Å². The van der Waals surface area contributed by atoms with Crippen molar-refractivity contribution in [1.82, 2.24) is 10.3 Å². The minimum atomic E-state index is 0.00315. The highest BCUT2D eigenvalue weighted by atomic mass is 35.5. The number of pyridine rings is 1. The number of hydrogen-bond donors (Lipinski definition) is 1. The smallest absolute Gasteiger partial charge is 0.237 e. The second-order valence-electron chi connectivity index (χ2n) is 9.01. The average Bonchev–Trinajstić information content (AvgIpc) is 2.61. The molecule has 0 atom stereocenters. The fourth-order valence-corrected chi connectivity index (χ4v) is 4.70.